The molecule has 1 radical (unpaired) electrons. The highest BCUT2D eigenvalue weighted by molar-refractivity contribution is 6.33. The number of pyridine rings is 1. The highest BCUT2D eigenvalue weighted by atomic mass is 35.5. The minimum atomic E-state index is 0.320. The zero-order valence-corrected chi connectivity index (χ0v) is 8.08. The van der Waals surface area contributed by atoms with E-state index in [9.17, 15) is 0 Å². The Balaban J connectivity index is 2.70. The fourth-order valence-corrected chi connectivity index (χ4v) is 1.39. The summed E-state index contributed by atoms with van der Waals surface area (Å²) < 4.78 is 4.83. The molecule has 1 aromatic heterocycles. The molecule has 71 valence electrons. The van der Waals surface area contributed by atoms with Gasteiger partial charge in [0.25, 0.3) is 0 Å². The van der Waals surface area contributed by atoms with Crippen molar-refractivity contribution in [2.75, 3.05) is 5.73 Å². The van der Waals surface area contributed by atoms with Crippen molar-refractivity contribution >= 4 is 28.3 Å². The highest BCUT2D eigenvalue weighted by Crippen LogP contribution is 2.25. The van der Waals surface area contributed by atoms with E-state index in [1.807, 2.05) is 6.07 Å². The van der Waals surface area contributed by atoms with E-state index in [4.69, 9.17) is 22.1 Å². The van der Waals surface area contributed by atoms with Crippen LogP contribution < -0.4 is 10.5 Å². The van der Waals surface area contributed by atoms with Crippen molar-refractivity contribution in [3.05, 3.63) is 36.4 Å². The van der Waals surface area contributed by atoms with Crippen LogP contribution in [-0.2, 0) is 0 Å². The molecule has 1 heterocycles. The summed E-state index contributed by atoms with van der Waals surface area (Å²) in [6.07, 6.45) is 0. The van der Waals surface area contributed by atoms with Crippen molar-refractivity contribution in [1.29, 1.82) is 0 Å². The second kappa shape index (κ2) is 3.35. The van der Waals surface area contributed by atoms with Gasteiger partial charge < -0.3 is 10.5 Å². The predicted octanol–water partition coefficient (Wildman–Crippen LogP) is 2.64. The summed E-state index contributed by atoms with van der Waals surface area (Å²) in [4.78, 5) is 4.12. The van der Waals surface area contributed by atoms with Crippen LogP contribution in [0, 0.1) is 7.11 Å². The zero-order valence-electron chi connectivity index (χ0n) is 7.33. The first-order valence-electron chi connectivity index (χ1n) is 3.98. The second-order valence-electron chi connectivity index (χ2n) is 2.85. The van der Waals surface area contributed by atoms with Gasteiger partial charge in [0.1, 0.15) is 18.7 Å². The molecule has 0 aliphatic heterocycles. The molecule has 14 heavy (non-hydrogen) atoms. The first-order chi connectivity index (χ1) is 6.70. The number of fused-ring (bicyclic) bond motifs is 1. The van der Waals surface area contributed by atoms with Crippen molar-refractivity contribution in [2.45, 2.75) is 0 Å². The summed E-state index contributed by atoms with van der Waals surface area (Å²) in [6, 6.07) is 7.18. The molecule has 2 N–H and O–H groups in total. The van der Waals surface area contributed by atoms with Gasteiger partial charge in [-0.15, -0.1) is 0 Å². The van der Waals surface area contributed by atoms with E-state index in [0.717, 1.165) is 10.9 Å². The first-order valence-corrected chi connectivity index (χ1v) is 4.36. The monoisotopic (exact) mass is 207 g/mol. The maximum atomic E-state index is 5.83. The fourth-order valence-electron chi connectivity index (χ4n) is 1.23. The molecule has 0 amide bonds. The predicted molar refractivity (Wildman–Crippen MR) is 57.2 cm³/mol. The fraction of sp³-hybridized carbons (Fsp3) is 0. The lowest BCUT2D eigenvalue weighted by atomic mass is 10.2. The van der Waals surface area contributed by atoms with Crippen LogP contribution in [0.1, 0.15) is 0 Å². The smallest absolute Gasteiger partial charge is 0.142 e. The lowest BCUT2D eigenvalue weighted by Gasteiger charge is -2.03. The summed E-state index contributed by atoms with van der Waals surface area (Å²) in [6.45, 7) is 0. The summed E-state index contributed by atoms with van der Waals surface area (Å²) in [5.74, 6) is 0.965. The number of aromatic nitrogens is 1. The Morgan fingerprint density at radius 2 is 2.14 bits per heavy atom. The maximum absolute atomic E-state index is 5.83. The minimum absolute atomic E-state index is 0.320. The molecule has 0 aliphatic carbocycles. The molecule has 2 aromatic rings. The number of rotatable bonds is 1. The number of nitrogen functional groups attached to an aromatic ring is 1. The van der Waals surface area contributed by atoms with Crippen molar-refractivity contribution in [1.82, 2.24) is 4.98 Å². The van der Waals surface area contributed by atoms with Crippen LogP contribution in [0.4, 0.5) is 5.82 Å². The summed E-state index contributed by atoms with van der Waals surface area (Å²) in [5, 5.41) is 1.38. The Hall–Kier alpha value is -1.48. The molecule has 0 aliphatic rings. The summed E-state index contributed by atoms with van der Waals surface area (Å²) >= 11 is 5.83. The van der Waals surface area contributed by atoms with E-state index in [1.165, 1.54) is 0 Å². The van der Waals surface area contributed by atoms with Gasteiger partial charge in [0.15, 0.2) is 0 Å². The molecule has 0 atom stereocenters. The van der Waals surface area contributed by atoms with Crippen molar-refractivity contribution in [3.8, 4) is 5.75 Å². The van der Waals surface area contributed by atoms with Crippen LogP contribution in [0.2, 0.25) is 5.02 Å². The normalized spacial score (nSPS) is 10.4. The van der Waals surface area contributed by atoms with Gasteiger partial charge in [-0.1, -0.05) is 11.6 Å². The molecule has 0 saturated carbocycles. The number of ether oxygens (including phenoxy) is 1. The molecule has 3 nitrogen and oxygen atoms in total. The molecule has 0 fully saturated rings. The van der Waals surface area contributed by atoms with Crippen LogP contribution in [0.15, 0.2) is 24.3 Å². The molecular weight excluding hydrogens is 200 g/mol. The average molecular weight is 208 g/mol. The van der Waals surface area contributed by atoms with Crippen LogP contribution in [-0.4, -0.2) is 4.98 Å². The standard InChI is InChI=1S/C10H8ClN2O/c1-14-7-3-2-6-4-8(11)10(12)13-9(6)5-7/h2-5H,1H2,(H2,12,13). The highest BCUT2D eigenvalue weighted by Gasteiger charge is 2.02. The molecule has 1 aromatic carbocycles. The Labute approximate surface area is 86.5 Å². The third-order valence-corrected chi connectivity index (χ3v) is 2.24. The SMILES string of the molecule is [CH2]Oc1ccc2cc(Cl)c(N)nc2c1. The average Bonchev–Trinajstić information content (AvgIpc) is 2.19. The molecule has 2 rings (SSSR count). The van der Waals surface area contributed by atoms with Crippen molar-refractivity contribution < 1.29 is 4.74 Å². The number of anilines is 1. The molecule has 0 spiro atoms. The van der Waals surface area contributed by atoms with Crippen molar-refractivity contribution in [3.63, 3.8) is 0 Å². The van der Waals surface area contributed by atoms with Gasteiger partial charge in [0.2, 0.25) is 0 Å². The van der Waals surface area contributed by atoms with Gasteiger partial charge in [-0.25, -0.2) is 4.98 Å². The lowest BCUT2D eigenvalue weighted by molar-refractivity contribution is 0.473. The largest absolute Gasteiger partial charge is 0.490 e. The van der Waals surface area contributed by atoms with E-state index < -0.39 is 0 Å². The zero-order chi connectivity index (χ0) is 10.1. The molecule has 0 unspecified atom stereocenters. The van der Waals surface area contributed by atoms with Gasteiger partial charge >= 0.3 is 0 Å². The third kappa shape index (κ3) is 1.46. The van der Waals surface area contributed by atoms with E-state index in [2.05, 4.69) is 12.1 Å². The lowest BCUT2D eigenvalue weighted by Crippen LogP contribution is -1.92. The Bertz CT molecular complexity index is 485. The maximum Gasteiger partial charge on any atom is 0.142 e. The van der Waals surface area contributed by atoms with E-state index >= 15 is 0 Å². The van der Waals surface area contributed by atoms with Gasteiger partial charge in [0.05, 0.1) is 10.5 Å². The second-order valence-corrected chi connectivity index (χ2v) is 3.26. The third-order valence-electron chi connectivity index (χ3n) is 1.94. The molecular formula is C10H8ClN2O. The Kier molecular flexibility index (Phi) is 2.17. The Morgan fingerprint density at radius 1 is 1.36 bits per heavy atom. The van der Waals surface area contributed by atoms with Crippen LogP contribution in [0.3, 0.4) is 0 Å². The van der Waals surface area contributed by atoms with Gasteiger partial charge in [-0.2, -0.15) is 0 Å². The van der Waals surface area contributed by atoms with Crippen LogP contribution in [0.5, 0.6) is 5.75 Å². The number of nitrogens with two attached hydrogens (primary N) is 1. The van der Waals surface area contributed by atoms with Crippen molar-refractivity contribution in [2.24, 2.45) is 0 Å². The first kappa shape index (κ1) is 9.09. The van der Waals surface area contributed by atoms with E-state index in [1.54, 1.807) is 18.2 Å². The number of benzene rings is 1. The van der Waals surface area contributed by atoms with Crippen LogP contribution >= 0.6 is 11.6 Å². The number of nitrogens with zero attached hydrogens (tertiary/aromatic N) is 1. The van der Waals surface area contributed by atoms with E-state index in [0.29, 0.717) is 16.6 Å². The van der Waals surface area contributed by atoms with Gasteiger partial charge in [0, 0.05) is 11.5 Å². The number of hydrogen-bond acceptors (Lipinski definition) is 3. The summed E-state index contributed by atoms with van der Waals surface area (Å²) in [7, 11) is 3.32. The quantitative estimate of drug-likeness (QED) is 0.782. The number of hydrogen-bond donors (Lipinski definition) is 1. The minimum Gasteiger partial charge on any atom is -0.490 e. The topological polar surface area (TPSA) is 48.1 Å². The summed E-state index contributed by atoms with van der Waals surface area (Å²) in [5.41, 5.74) is 6.32. The van der Waals surface area contributed by atoms with E-state index in [-0.39, 0.29) is 0 Å². The molecule has 0 saturated heterocycles. The van der Waals surface area contributed by atoms with Gasteiger partial charge in [-0.3, -0.25) is 0 Å². The molecule has 4 heteroatoms. The number of halogens is 1. The van der Waals surface area contributed by atoms with Crippen LogP contribution in [0.25, 0.3) is 10.9 Å². The Morgan fingerprint density at radius 3 is 2.86 bits per heavy atom. The van der Waals surface area contributed by atoms with Gasteiger partial charge in [-0.05, 0) is 18.2 Å². The molecule has 0 bridgehead atoms.